The monoisotopic (exact) mass is 483 g/mol. The lowest BCUT2D eigenvalue weighted by molar-refractivity contribution is 0.0985. The Morgan fingerprint density at radius 1 is 1.03 bits per heavy atom. The number of thiazole rings is 1. The maximum atomic E-state index is 13.5. The molecule has 10 heteroatoms. The molecule has 8 nitrogen and oxygen atoms in total. The third-order valence-corrected chi connectivity index (χ3v) is 8.44. The second-order valence-electron chi connectivity index (χ2n) is 7.30. The van der Waals surface area contributed by atoms with E-state index < -0.39 is 10.0 Å². The molecule has 0 N–H and O–H groups in total. The average molecular weight is 484 g/mol. The Labute approximate surface area is 197 Å². The van der Waals surface area contributed by atoms with Crippen molar-refractivity contribution < 1.29 is 13.2 Å². The van der Waals surface area contributed by atoms with E-state index in [0.29, 0.717) is 36.9 Å². The summed E-state index contributed by atoms with van der Waals surface area (Å²) in [5.74, 6) is -0.243. The highest BCUT2D eigenvalue weighted by molar-refractivity contribution is 7.89. The number of amides is 1. The number of benzene rings is 2. The van der Waals surface area contributed by atoms with E-state index in [2.05, 4.69) is 10.1 Å². The van der Waals surface area contributed by atoms with Crippen LogP contribution in [0.1, 0.15) is 24.2 Å². The normalized spacial score (nSPS) is 11.8. The average Bonchev–Trinajstić information content (AvgIpc) is 3.49. The molecule has 4 rings (SSSR count). The topological polar surface area (TPSA) is 88.4 Å². The summed E-state index contributed by atoms with van der Waals surface area (Å²) >= 11 is 1.44. The molecule has 0 unspecified atom stereocenters. The van der Waals surface area contributed by atoms with Crippen LogP contribution in [0.3, 0.4) is 0 Å². The second-order valence-corrected chi connectivity index (χ2v) is 10.3. The minimum atomic E-state index is -3.59. The molecule has 0 aliphatic heterocycles. The van der Waals surface area contributed by atoms with Crippen molar-refractivity contribution in [2.45, 2.75) is 25.3 Å². The van der Waals surface area contributed by atoms with Crippen LogP contribution in [0.15, 0.2) is 71.9 Å². The summed E-state index contributed by atoms with van der Waals surface area (Å²) in [5, 5.41) is 4.81. The van der Waals surface area contributed by atoms with Gasteiger partial charge in [0.25, 0.3) is 5.91 Å². The van der Waals surface area contributed by atoms with Crippen molar-refractivity contribution in [2.24, 2.45) is 0 Å². The van der Waals surface area contributed by atoms with E-state index in [0.717, 1.165) is 10.2 Å². The maximum Gasteiger partial charge on any atom is 0.260 e. The lowest BCUT2D eigenvalue weighted by Gasteiger charge is -2.21. The number of aromatic nitrogens is 3. The minimum absolute atomic E-state index is 0.172. The first-order chi connectivity index (χ1) is 15.9. The number of carbonyl (C=O) groups excluding carboxylic acids is 1. The molecule has 0 atom stereocenters. The Bertz CT molecular complexity index is 1300. The maximum absolute atomic E-state index is 13.5. The van der Waals surface area contributed by atoms with Gasteiger partial charge in [0.05, 0.1) is 21.7 Å². The standard InChI is InChI=1S/C23H25N5O3S2/c1-3-27(4-2)33(30,31)19-12-10-18(11-13-19)22(29)28(17-16-26-15-7-14-24-26)23-25-20-8-5-6-9-21(20)32-23/h5-15H,3-4,16-17H2,1-2H3. The van der Waals surface area contributed by atoms with E-state index in [1.165, 1.54) is 27.8 Å². The van der Waals surface area contributed by atoms with Gasteiger partial charge in [0.1, 0.15) is 0 Å². The first-order valence-corrected chi connectivity index (χ1v) is 12.9. The highest BCUT2D eigenvalue weighted by atomic mass is 32.2. The minimum Gasteiger partial charge on any atom is -0.282 e. The van der Waals surface area contributed by atoms with Crippen molar-refractivity contribution in [1.82, 2.24) is 19.1 Å². The van der Waals surface area contributed by atoms with Crippen LogP contribution in [-0.2, 0) is 16.6 Å². The van der Waals surface area contributed by atoms with Crippen molar-refractivity contribution >= 4 is 42.6 Å². The molecule has 2 heterocycles. The molecule has 0 aliphatic carbocycles. The van der Waals surface area contributed by atoms with Crippen molar-refractivity contribution in [2.75, 3.05) is 24.5 Å². The van der Waals surface area contributed by atoms with Crippen LogP contribution in [0.2, 0.25) is 0 Å². The van der Waals surface area contributed by atoms with Gasteiger partial charge in [0.2, 0.25) is 10.0 Å². The number of anilines is 1. The number of rotatable bonds is 9. The number of fused-ring (bicyclic) bond motifs is 1. The molecule has 4 aromatic rings. The summed E-state index contributed by atoms with van der Waals surface area (Å²) in [6.45, 7) is 5.25. The van der Waals surface area contributed by atoms with Gasteiger partial charge >= 0.3 is 0 Å². The van der Waals surface area contributed by atoms with E-state index in [-0.39, 0.29) is 10.8 Å². The molecule has 1 amide bonds. The first kappa shape index (κ1) is 23.1. The van der Waals surface area contributed by atoms with Crippen molar-refractivity contribution in [3.05, 3.63) is 72.6 Å². The van der Waals surface area contributed by atoms with Crippen molar-refractivity contribution in [3.8, 4) is 0 Å². The van der Waals surface area contributed by atoms with Gasteiger partial charge in [-0.3, -0.25) is 14.4 Å². The zero-order valence-corrected chi connectivity index (χ0v) is 20.1. The molecule has 0 spiro atoms. The number of sulfonamides is 1. The Morgan fingerprint density at radius 2 is 1.76 bits per heavy atom. The third-order valence-electron chi connectivity index (χ3n) is 5.32. The number of nitrogens with zero attached hydrogens (tertiary/aromatic N) is 5. The first-order valence-electron chi connectivity index (χ1n) is 10.7. The second kappa shape index (κ2) is 9.82. The van der Waals surface area contributed by atoms with Gasteiger partial charge in [-0.1, -0.05) is 37.3 Å². The smallest absolute Gasteiger partial charge is 0.260 e. The SMILES string of the molecule is CCN(CC)S(=O)(=O)c1ccc(C(=O)N(CCn2cccn2)c2nc3ccccc3s2)cc1. The molecule has 0 bridgehead atoms. The predicted octanol–water partition coefficient (Wildman–Crippen LogP) is 3.87. The van der Waals surface area contributed by atoms with Gasteiger partial charge in [-0.05, 0) is 42.5 Å². The van der Waals surface area contributed by atoms with Crippen LogP contribution in [0.5, 0.6) is 0 Å². The molecule has 172 valence electrons. The van der Waals surface area contributed by atoms with E-state index in [4.69, 9.17) is 0 Å². The Morgan fingerprint density at radius 3 is 2.39 bits per heavy atom. The fraction of sp³-hybridized carbons (Fsp3) is 0.261. The molecular formula is C23H25N5O3S2. The van der Waals surface area contributed by atoms with Gasteiger partial charge in [-0.25, -0.2) is 13.4 Å². The van der Waals surface area contributed by atoms with Gasteiger partial charge in [0.15, 0.2) is 5.13 Å². The molecular weight excluding hydrogens is 458 g/mol. The molecule has 2 aromatic heterocycles. The fourth-order valence-electron chi connectivity index (χ4n) is 3.53. The summed E-state index contributed by atoms with van der Waals surface area (Å²) in [7, 11) is -3.59. The molecule has 33 heavy (non-hydrogen) atoms. The summed E-state index contributed by atoms with van der Waals surface area (Å²) in [6.07, 6.45) is 3.53. The summed E-state index contributed by atoms with van der Waals surface area (Å²) in [4.78, 5) is 19.9. The predicted molar refractivity (Wildman–Crippen MR) is 130 cm³/mol. The highest BCUT2D eigenvalue weighted by Crippen LogP contribution is 2.30. The van der Waals surface area contributed by atoms with Gasteiger partial charge in [-0.2, -0.15) is 9.40 Å². The largest absolute Gasteiger partial charge is 0.282 e. The van der Waals surface area contributed by atoms with Crippen LogP contribution < -0.4 is 4.90 Å². The number of hydrogen-bond donors (Lipinski definition) is 0. The molecule has 0 aliphatic rings. The van der Waals surface area contributed by atoms with E-state index >= 15 is 0 Å². The van der Waals surface area contributed by atoms with Crippen LogP contribution in [0.25, 0.3) is 10.2 Å². The van der Waals surface area contributed by atoms with E-state index in [1.807, 2.05) is 36.5 Å². The molecule has 2 aromatic carbocycles. The van der Waals surface area contributed by atoms with Crippen LogP contribution in [-0.4, -0.2) is 53.0 Å². The Kier molecular flexibility index (Phi) is 6.87. The van der Waals surface area contributed by atoms with Gasteiger partial charge < -0.3 is 0 Å². The molecule has 0 radical (unpaired) electrons. The van der Waals surface area contributed by atoms with Crippen molar-refractivity contribution in [3.63, 3.8) is 0 Å². The number of para-hydroxylation sites is 1. The highest BCUT2D eigenvalue weighted by Gasteiger charge is 2.24. The Hall–Kier alpha value is -3.08. The van der Waals surface area contributed by atoms with Crippen LogP contribution in [0, 0.1) is 0 Å². The van der Waals surface area contributed by atoms with E-state index in [9.17, 15) is 13.2 Å². The lowest BCUT2D eigenvalue weighted by Crippen LogP contribution is -2.34. The molecule has 0 saturated carbocycles. The van der Waals surface area contributed by atoms with Crippen LogP contribution >= 0.6 is 11.3 Å². The zero-order valence-electron chi connectivity index (χ0n) is 18.5. The summed E-state index contributed by atoms with van der Waals surface area (Å²) in [5.41, 5.74) is 1.23. The quantitative estimate of drug-likeness (QED) is 0.361. The molecule has 0 saturated heterocycles. The third kappa shape index (κ3) is 4.82. The van der Waals surface area contributed by atoms with Gasteiger partial charge in [0, 0.05) is 37.6 Å². The lowest BCUT2D eigenvalue weighted by atomic mass is 10.2. The zero-order chi connectivity index (χ0) is 23.4. The number of hydrogen-bond acceptors (Lipinski definition) is 6. The van der Waals surface area contributed by atoms with E-state index in [1.54, 1.807) is 41.8 Å². The van der Waals surface area contributed by atoms with Crippen LogP contribution in [0.4, 0.5) is 5.13 Å². The summed E-state index contributed by atoms with van der Waals surface area (Å²) in [6, 6.07) is 15.7. The fourth-order valence-corrected chi connectivity index (χ4v) is 5.98. The Balaban J connectivity index is 1.64. The summed E-state index contributed by atoms with van der Waals surface area (Å²) < 4.78 is 29.7. The number of carbonyl (C=O) groups is 1. The van der Waals surface area contributed by atoms with Gasteiger partial charge in [-0.15, -0.1) is 0 Å². The molecule has 0 fully saturated rings. The van der Waals surface area contributed by atoms with Crippen molar-refractivity contribution in [1.29, 1.82) is 0 Å².